The summed E-state index contributed by atoms with van der Waals surface area (Å²) in [5.74, 6) is -3.43. The number of fused-ring (bicyclic) bond motifs is 1. The second kappa shape index (κ2) is 5.76. The Morgan fingerprint density at radius 2 is 1.86 bits per heavy atom. The van der Waals surface area contributed by atoms with Gasteiger partial charge in [-0.05, 0) is 50.5 Å². The van der Waals surface area contributed by atoms with Crippen molar-refractivity contribution >= 4 is 16.6 Å². The summed E-state index contributed by atoms with van der Waals surface area (Å²) >= 11 is 0. The zero-order valence-corrected chi connectivity index (χ0v) is 12.6. The van der Waals surface area contributed by atoms with Gasteiger partial charge in [-0.15, -0.1) is 0 Å². The van der Waals surface area contributed by atoms with Crippen LogP contribution in [0.3, 0.4) is 0 Å². The molecule has 1 saturated heterocycles. The van der Waals surface area contributed by atoms with E-state index in [4.69, 9.17) is 0 Å². The molecule has 1 aromatic carbocycles. The SMILES string of the molecule is CN1CCC(N(C)c2nccc3cc(F)c(F)c(F)c23)CC1. The molecular formula is C16H18F3N3. The molecule has 0 bridgehead atoms. The van der Waals surface area contributed by atoms with E-state index >= 15 is 0 Å². The van der Waals surface area contributed by atoms with Gasteiger partial charge in [0.1, 0.15) is 5.82 Å². The topological polar surface area (TPSA) is 19.4 Å². The molecule has 0 N–H and O–H groups in total. The van der Waals surface area contributed by atoms with E-state index in [0.717, 1.165) is 32.0 Å². The highest BCUT2D eigenvalue weighted by Gasteiger charge is 2.25. The number of anilines is 1. The maximum Gasteiger partial charge on any atom is 0.195 e. The highest BCUT2D eigenvalue weighted by Crippen LogP contribution is 2.31. The Kier molecular flexibility index (Phi) is 3.95. The fourth-order valence-corrected chi connectivity index (χ4v) is 3.05. The summed E-state index contributed by atoms with van der Waals surface area (Å²) in [5.41, 5.74) is 0. The van der Waals surface area contributed by atoms with Gasteiger partial charge < -0.3 is 9.80 Å². The third-order valence-electron chi connectivity index (χ3n) is 4.44. The zero-order valence-electron chi connectivity index (χ0n) is 12.6. The Morgan fingerprint density at radius 1 is 1.18 bits per heavy atom. The van der Waals surface area contributed by atoms with Crippen LogP contribution >= 0.6 is 0 Å². The van der Waals surface area contributed by atoms with Gasteiger partial charge in [-0.25, -0.2) is 18.2 Å². The van der Waals surface area contributed by atoms with E-state index in [2.05, 4.69) is 16.9 Å². The lowest BCUT2D eigenvalue weighted by atomic mass is 10.0. The largest absolute Gasteiger partial charge is 0.356 e. The molecule has 0 saturated carbocycles. The van der Waals surface area contributed by atoms with Crippen LogP contribution in [0.5, 0.6) is 0 Å². The summed E-state index contributed by atoms with van der Waals surface area (Å²) in [6.45, 7) is 1.90. The minimum atomic E-state index is -1.45. The lowest BCUT2D eigenvalue weighted by Crippen LogP contribution is -2.42. The number of rotatable bonds is 2. The molecule has 22 heavy (non-hydrogen) atoms. The number of nitrogens with zero attached hydrogens (tertiary/aromatic N) is 3. The van der Waals surface area contributed by atoms with Crippen LogP contribution < -0.4 is 4.90 Å². The normalized spacial score (nSPS) is 17.1. The quantitative estimate of drug-likeness (QED) is 0.794. The fourth-order valence-electron chi connectivity index (χ4n) is 3.05. The van der Waals surface area contributed by atoms with E-state index in [1.165, 1.54) is 12.3 Å². The molecule has 1 aliphatic heterocycles. The standard InChI is InChI=1S/C16H18F3N3/c1-21-7-4-11(5-8-21)22(2)16-13-10(3-6-20-16)9-12(17)14(18)15(13)19/h3,6,9,11H,4-5,7-8H2,1-2H3. The van der Waals surface area contributed by atoms with E-state index in [1.54, 1.807) is 0 Å². The summed E-state index contributed by atoms with van der Waals surface area (Å²) in [6, 6.07) is 2.72. The highest BCUT2D eigenvalue weighted by atomic mass is 19.2. The Bertz CT molecular complexity index is 697. The van der Waals surface area contributed by atoms with Crippen molar-refractivity contribution in [2.45, 2.75) is 18.9 Å². The van der Waals surface area contributed by atoms with Crippen LogP contribution in [0.2, 0.25) is 0 Å². The number of pyridine rings is 1. The predicted octanol–water partition coefficient (Wildman–Crippen LogP) is 3.18. The molecule has 2 aromatic rings. The van der Waals surface area contributed by atoms with E-state index in [0.29, 0.717) is 11.2 Å². The summed E-state index contributed by atoms with van der Waals surface area (Å²) < 4.78 is 41.2. The molecule has 3 nitrogen and oxygen atoms in total. The van der Waals surface area contributed by atoms with Crippen molar-refractivity contribution in [2.24, 2.45) is 0 Å². The first kappa shape index (κ1) is 15.1. The molecule has 6 heteroatoms. The Morgan fingerprint density at radius 3 is 2.55 bits per heavy atom. The van der Waals surface area contributed by atoms with Gasteiger partial charge in [0.15, 0.2) is 17.5 Å². The van der Waals surface area contributed by atoms with E-state index in [9.17, 15) is 13.2 Å². The summed E-state index contributed by atoms with van der Waals surface area (Å²) in [4.78, 5) is 8.33. The number of halogens is 3. The molecule has 0 spiro atoms. The highest BCUT2D eigenvalue weighted by molar-refractivity contribution is 5.92. The molecule has 1 aromatic heterocycles. The van der Waals surface area contributed by atoms with Crippen LogP contribution in [0.4, 0.5) is 19.0 Å². The van der Waals surface area contributed by atoms with Gasteiger partial charge in [-0.2, -0.15) is 0 Å². The van der Waals surface area contributed by atoms with Crippen LogP contribution in [0.1, 0.15) is 12.8 Å². The van der Waals surface area contributed by atoms with Gasteiger partial charge >= 0.3 is 0 Å². The van der Waals surface area contributed by atoms with Crippen molar-refractivity contribution in [1.29, 1.82) is 0 Å². The van der Waals surface area contributed by atoms with Crippen LogP contribution in [0.25, 0.3) is 10.8 Å². The number of hydrogen-bond acceptors (Lipinski definition) is 3. The first-order chi connectivity index (χ1) is 10.5. The molecule has 0 aliphatic carbocycles. The first-order valence-corrected chi connectivity index (χ1v) is 7.32. The molecule has 1 aliphatic rings. The van der Waals surface area contributed by atoms with Crippen molar-refractivity contribution in [1.82, 2.24) is 9.88 Å². The summed E-state index contributed by atoms with van der Waals surface area (Å²) in [7, 11) is 3.89. The van der Waals surface area contributed by atoms with Gasteiger partial charge in [0, 0.05) is 19.3 Å². The zero-order chi connectivity index (χ0) is 15.9. The van der Waals surface area contributed by atoms with Gasteiger partial charge in [-0.3, -0.25) is 0 Å². The average Bonchev–Trinajstić information content (AvgIpc) is 2.52. The van der Waals surface area contributed by atoms with Crippen LogP contribution in [0.15, 0.2) is 18.3 Å². The van der Waals surface area contributed by atoms with Crippen LogP contribution in [-0.4, -0.2) is 43.1 Å². The van der Waals surface area contributed by atoms with Gasteiger partial charge in [0.2, 0.25) is 0 Å². The molecule has 0 radical (unpaired) electrons. The van der Waals surface area contributed by atoms with E-state index in [-0.39, 0.29) is 11.4 Å². The number of piperidine rings is 1. The minimum absolute atomic E-state index is 0.0443. The Balaban J connectivity index is 2.05. The second-order valence-corrected chi connectivity index (χ2v) is 5.86. The molecule has 1 fully saturated rings. The van der Waals surface area contributed by atoms with Crippen LogP contribution in [-0.2, 0) is 0 Å². The summed E-state index contributed by atoms with van der Waals surface area (Å²) in [6.07, 6.45) is 3.35. The second-order valence-electron chi connectivity index (χ2n) is 5.86. The number of likely N-dealkylation sites (tertiary alicyclic amines) is 1. The van der Waals surface area contributed by atoms with Crippen LogP contribution in [0, 0.1) is 17.5 Å². The van der Waals surface area contributed by atoms with Crippen molar-refractivity contribution < 1.29 is 13.2 Å². The first-order valence-electron chi connectivity index (χ1n) is 7.32. The van der Waals surface area contributed by atoms with E-state index in [1.807, 2.05) is 11.9 Å². The monoisotopic (exact) mass is 309 g/mol. The maximum atomic E-state index is 14.2. The molecule has 0 amide bonds. The fraction of sp³-hybridized carbons (Fsp3) is 0.438. The molecule has 118 valence electrons. The van der Waals surface area contributed by atoms with Gasteiger partial charge in [0.05, 0.1) is 5.39 Å². The van der Waals surface area contributed by atoms with Crippen molar-refractivity contribution in [3.05, 3.63) is 35.8 Å². The van der Waals surface area contributed by atoms with Crippen molar-refractivity contribution in [2.75, 3.05) is 32.1 Å². The average molecular weight is 309 g/mol. The molecular weight excluding hydrogens is 291 g/mol. The predicted molar refractivity (Wildman–Crippen MR) is 80.5 cm³/mol. The van der Waals surface area contributed by atoms with Crippen molar-refractivity contribution in [3.63, 3.8) is 0 Å². The van der Waals surface area contributed by atoms with E-state index < -0.39 is 17.5 Å². The molecule has 3 rings (SSSR count). The lowest BCUT2D eigenvalue weighted by molar-refractivity contribution is 0.252. The number of benzene rings is 1. The van der Waals surface area contributed by atoms with Gasteiger partial charge in [0.25, 0.3) is 0 Å². The maximum absolute atomic E-state index is 14.2. The third kappa shape index (κ3) is 2.52. The Labute approximate surface area is 127 Å². The van der Waals surface area contributed by atoms with Gasteiger partial charge in [-0.1, -0.05) is 0 Å². The number of hydrogen-bond donors (Lipinski definition) is 0. The molecule has 2 heterocycles. The minimum Gasteiger partial charge on any atom is -0.356 e. The lowest BCUT2D eigenvalue weighted by Gasteiger charge is -2.36. The molecule has 0 unspecified atom stereocenters. The third-order valence-corrected chi connectivity index (χ3v) is 4.44. The Hall–Kier alpha value is -1.82. The summed E-state index contributed by atoms with van der Waals surface area (Å²) in [5, 5.41) is 0.365. The number of aromatic nitrogens is 1. The molecule has 0 atom stereocenters. The van der Waals surface area contributed by atoms with Crippen molar-refractivity contribution in [3.8, 4) is 0 Å². The smallest absolute Gasteiger partial charge is 0.195 e.